The van der Waals surface area contributed by atoms with Gasteiger partial charge in [0, 0.05) is 39.8 Å². The van der Waals surface area contributed by atoms with Crippen LogP contribution in [0.5, 0.6) is 0 Å². The smallest absolute Gasteiger partial charge is 0.116 e. The number of anilines is 1. The second-order valence-corrected chi connectivity index (χ2v) is 11.4. The molecule has 38 heavy (non-hydrogen) atoms. The molecule has 0 unspecified atom stereocenters. The van der Waals surface area contributed by atoms with Crippen molar-refractivity contribution in [2.75, 3.05) is 5.32 Å². The van der Waals surface area contributed by atoms with E-state index in [9.17, 15) is 0 Å². The molecule has 5 rings (SSSR count). The van der Waals surface area contributed by atoms with Crippen LogP contribution in [0.2, 0.25) is 0 Å². The highest BCUT2D eigenvalue weighted by Crippen LogP contribution is 2.31. The van der Waals surface area contributed by atoms with E-state index in [-0.39, 0.29) is 5.41 Å². The topological polar surface area (TPSA) is 82.3 Å². The van der Waals surface area contributed by atoms with E-state index < -0.39 is 0 Å². The maximum Gasteiger partial charge on any atom is 0.116 e. The van der Waals surface area contributed by atoms with Gasteiger partial charge in [0.2, 0.25) is 0 Å². The number of pyridine rings is 2. The lowest BCUT2D eigenvalue weighted by Gasteiger charge is -2.20. The third kappa shape index (κ3) is 5.38. The molecule has 0 atom stereocenters. The lowest BCUT2D eigenvalue weighted by atomic mass is 9.91. The van der Waals surface area contributed by atoms with Gasteiger partial charge in [-0.05, 0) is 64.9 Å². The summed E-state index contributed by atoms with van der Waals surface area (Å²) < 4.78 is 0. The Hall–Kier alpha value is -4.23. The molecule has 0 bridgehead atoms. The average Bonchev–Trinajstić information content (AvgIpc) is 3.62. The number of nitrogens with one attached hydrogen (secondary N) is 3. The summed E-state index contributed by atoms with van der Waals surface area (Å²) in [4.78, 5) is 12.4. The number of H-pyrrole nitrogens is 2. The van der Waals surface area contributed by atoms with E-state index in [0.717, 1.165) is 72.9 Å². The van der Waals surface area contributed by atoms with Crippen LogP contribution in [-0.2, 0) is 0 Å². The number of thiophene rings is 1. The molecule has 7 heteroatoms. The molecular weight excluding hydrogens is 488 g/mol. The summed E-state index contributed by atoms with van der Waals surface area (Å²) in [7, 11) is 0. The molecule has 5 aromatic heterocycles. The number of allylic oxidation sites excluding steroid dienone is 2. The maximum atomic E-state index is 4.66. The highest BCUT2D eigenvalue weighted by atomic mass is 32.1. The van der Waals surface area contributed by atoms with Gasteiger partial charge in [-0.15, -0.1) is 0 Å². The number of nitrogens with zero attached hydrogens (tertiary/aromatic N) is 3. The van der Waals surface area contributed by atoms with Crippen molar-refractivity contribution in [3.8, 4) is 22.5 Å². The minimum Gasteiger partial charge on any atom is -0.358 e. The van der Waals surface area contributed by atoms with E-state index >= 15 is 0 Å². The fourth-order valence-electron chi connectivity index (χ4n) is 4.59. The molecule has 0 amide bonds. The van der Waals surface area contributed by atoms with E-state index in [1.165, 1.54) is 0 Å². The number of fused-ring (bicyclic) bond motifs is 1. The van der Waals surface area contributed by atoms with Crippen molar-refractivity contribution in [2.24, 2.45) is 5.41 Å². The average molecular weight is 521 g/mol. The van der Waals surface area contributed by atoms with Gasteiger partial charge in [0.15, 0.2) is 0 Å². The summed E-state index contributed by atoms with van der Waals surface area (Å²) in [6.45, 7) is 17.1. The van der Waals surface area contributed by atoms with Crippen LogP contribution >= 0.6 is 11.3 Å². The summed E-state index contributed by atoms with van der Waals surface area (Å²) in [5.74, 6) is 0. The molecule has 0 saturated carbocycles. The molecule has 5 aromatic rings. The fourth-order valence-corrected chi connectivity index (χ4v) is 5.25. The van der Waals surface area contributed by atoms with Gasteiger partial charge in [-0.25, -0.2) is 0 Å². The molecule has 0 radical (unpaired) electrons. The minimum atomic E-state index is 0.153. The van der Waals surface area contributed by atoms with Crippen LogP contribution in [-0.4, -0.2) is 25.1 Å². The first-order chi connectivity index (χ1) is 18.2. The van der Waals surface area contributed by atoms with Crippen LogP contribution in [0, 0.1) is 5.41 Å². The van der Waals surface area contributed by atoms with E-state index in [1.54, 1.807) is 11.3 Å². The highest BCUT2D eigenvalue weighted by Gasteiger charge is 2.14. The molecular formula is C31H32N6S. The molecule has 3 N–H and O–H groups in total. The van der Waals surface area contributed by atoms with Crippen molar-refractivity contribution in [3.63, 3.8) is 0 Å². The van der Waals surface area contributed by atoms with Crippen molar-refractivity contribution in [1.29, 1.82) is 0 Å². The number of rotatable bonds is 7. The molecule has 0 saturated heterocycles. The van der Waals surface area contributed by atoms with E-state index in [0.29, 0.717) is 0 Å². The molecule has 0 aliphatic heterocycles. The Kier molecular flexibility index (Phi) is 6.87. The molecule has 0 aromatic carbocycles. The van der Waals surface area contributed by atoms with Crippen LogP contribution in [0.15, 0.2) is 72.6 Å². The first-order valence-corrected chi connectivity index (χ1v) is 13.5. The van der Waals surface area contributed by atoms with Crippen LogP contribution in [0.1, 0.15) is 39.7 Å². The normalized spacial score (nSPS) is 12.8. The summed E-state index contributed by atoms with van der Waals surface area (Å²) in [6, 6.07) is 6.31. The van der Waals surface area contributed by atoms with Crippen molar-refractivity contribution in [3.05, 3.63) is 88.7 Å². The molecule has 0 aliphatic carbocycles. The van der Waals surface area contributed by atoms with Crippen molar-refractivity contribution in [1.82, 2.24) is 25.1 Å². The van der Waals surface area contributed by atoms with Gasteiger partial charge >= 0.3 is 0 Å². The van der Waals surface area contributed by atoms with Crippen molar-refractivity contribution >= 4 is 45.7 Å². The number of aromatic amines is 2. The number of hydrogen-bond acceptors (Lipinski definition) is 5. The quantitative estimate of drug-likeness (QED) is 0.222. The first kappa shape index (κ1) is 25.4. The maximum absolute atomic E-state index is 4.66. The molecule has 192 valence electrons. The van der Waals surface area contributed by atoms with E-state index in [4.69, 9.17) is 0 Å². The van der Waals surface area contributed by atoms with E-state index in [2.05, 4.69) is 99.4 Å². The number of hydrogen-bond donors (Lipinski definition) is 3. The van der Waals surface area contributed by atoms with Crippen LogP contribution < -0.4 is 15.9 Å². The van der Waals surface area contributed by atoms with Crippen LogP contribution in [0.4, 0.5) is 5.69 Å². The van der Waals surface area contributed by atoms with Gasteiger partial charge in [-0.3, -0.25) is 15.1 Å². The third-order valence-corrected chi connectivity index (χ3v) is 6.93. The Morgan fingerprint density at radius 1 is 1.11 bits per heavy atom. The monoisotopic (exact) mass is 520 g/mol. The zero-order valence-corrected chi connectivity index (χ0v) is 23.0. The fraction of sp³-hybridized carbons (Fsp3) is 0.194. The largest absolute Gasteiger partial charge is 0.358 e. The summed E-state index contributed by atoms with van der Waals surface area (Å²) >= 11 is 1.68. The van der Waals surface area contributed by atoms with Crippen LogP contribution in [0.3, 0.4) is 0 Å². The predicted octanol–water partition coefficient (Wildman–Crippen LogP) is 6.73. The van der Waals surface area contributed by atoms with Crippen molar-refractivity contribution < 1.29 is 0 Å². The SMILES string of the molecule is C=C(CC(C)(C)C)Nc1cncc(C(=C)/C=c2/c(-c3cc4c(-c5ccsc5)cncc4[nH]3)n[nH]/c2=C/C)c1. The summed E-state index contributed by atoms with van der Waals surface area (Å²) in [5, 5.41) is 18.5. The third-order valence-electron chi connectivity index (χ3n) is 6.25. The molecule has 0 spiro atoms. The minimum absolute atomic E-state index is 0.153. The summed E-state index contributed by atoms with van der Waals surface area (Å²) in [6.07, 6.45) is 12.3. The molecule has 0 aliphatic rings. The summed E-state index contributed by atoms with van der Waals surface area (Å²) in [5.41, 5.74) is 8.74. The lowest BCUT2D eigenvalue weighted by molar-refractivity contribution is 0.411. The van der Waals surface area contributed by atoms with Gasteiger partial charge in [0.1, 0.15) is 5.69 Å². The predicted molar refractivity (Wildman–Crippen MR) is 161 cm³/mol. The van der Waals surface area contributed by atoms with Crippen LogP contribution in [0.25, 0.3) is 51.1 Å². The molecule has 0 fully saturated rings. The zero-order valence-electron chi connectivity index (χ0n) is 22.2. The van der Waals surface area contributed by atoms with Gasteiger partial charge in [0.25, 0.3) is 0 Å². The Balaban J connectivity index is 1.51. The Morgan fingerprint density at radius 2 is 1.92 bits per heavy atom. The molecule has 5 heterocycles. The van der Waals surface area contributed by atoms with Gasteiger partial charge in [0.05, 0.1) is 34.6 Å². The van der Waals surface area contributed by atoms with Gasteiger partial charge in [-0.1, -0.05) is 40.0 Å². The molecule has 6 nitrogen and oxygen atoms in total. The Labute approximate surface area is 226 Å². The standard InChI is InChI=1S/C31H32N6S/c1-7-27-25(10-19(2)22-11-23(15-32-14-22)34-20(3)13-31(4,5)6)30(37-36-27)28-12-24-26(21-8-9-38-18-21)16-33-17-29(24)35-28/h7-12,14-18,34-36H,2-3,13H2,1,4-6H3/b25-10+,27-7+. The Bertz CT molecular complexity index is 1750. The first-order valence-electron chi connectivity index (χ1n) is 12.5. The zero-order chi connectivity index (χ0) is 26.9. The van der Waals surface area contributed by atoms with Gasteiger partial charge in [-0.2, -0.15) is 16.4 Å². The highest BCUT2D eigenvalue weighted by molar-refractivity contribution is 7.08. The number of aromatic nitrogens is 5. The van der Waals surface area contributed by atoms with E-state index in [1.807, 2.05) is 37.8 Å². The second kappa shape index (κ2) is 10.3. The lowest BCUT2D eigenvalue weighted by Crippen LogP contribution is -2.23. The Morgan fingerprint density at radius 3 is 2.66 bits per heavy atom. The second-order valence-electron chi connectivity index (χ2n) is 10.6. The van der Waals surface area contributed by atoms with Crippen molar-refractivity contribution in [2.45, 2.75) is 34.1 Å². The van der Waals surface area contributed by atoms with Gasteiger partial charge < -0.3 is 10.3 Å².